The van der Waals surface area contributed by atoms with Crippen LogP contribution in [0.25, 0.3) is 0 Å². The number of benzene rings is 1. The maximum atomic E-state index is 13.1. The minimum atomic E-state index is -0.563. The topological polar surface area (TPSA) is 41.5 Å². The smallest absolute Gasteiger partial charge is 0.165 e. The highest BCUT2D eigenvalue weighted by Crippen LogP contribution is 2.28. The Morgan fingerprint density at radius 1 is 1.39 bits per heavy atom. The second-order valence-electron chi connectivity index (χ2n) is 5.31. The van der Waals surface area contributed by atoms with E-state index in [0.29, 0.717) is 6.54 Å². The average Bonchev–Trinajstić information content (AvgIpc) is 2.34. The van der Waals surface area contributed by atoms with Gasteiger partial charge < -0.3 is 15.2 Å². The van der Waals surface area contributed by atoms with Crippen LogP contribution in [0.4, 0.5) is 4.39 Å². The zero-order valence-corrected chi connectivity index (χ0v) is 10.7. The highest BCUT2D eigenvalue weighted by molar-refractivity contribution is 5.27. The molecule has 1 aliphatic heterocycles. The lowest BCUT2D eigenvalue weighted by Crippen LogP contribution is -2.36. The molecule has 1 heterocycles. The molecule has 1 saturated heterocycles. The number of aromatic hydroxyl groups is 1. The molecule has 0 atom stereocenters. The van der Waals surface area contributed by atoms with Crippen molar-refractivity contribution < 1.29 is 14.2 Å². The van der Waals surface area contributed by atoms with Crippen LogP contribution in [-0.2, 0) is 11.3 Å². The molecule has 0 amide bonds. The highest BCUT2D eigenvalue weighted by Gasteiger charge is 2.26. The number of rotatable bonds is 4. The molecule has 18 heavy (non-hydrogen) atoms. The first-order valence-corrected chi connectivity index (χ1v) is 6.35. The van der Waals surface area contributed by atoms with Crippen LogP contribution >= 0.6 is 0 Å². The Morgan fingerprint density at radius 2 is 2.11 bits per heavy atom. The minimum Gasteiger partial charge on any atom is -0.505 e. The van der Waals surface area contributed by atoms with Crippen molar-refractivity contribution in [1.29, 1.82) is 0 Å². The first-order chi connectivity index (χ1) is 8.59. The van der Waals surface area contributed by atoms with E-state index in [-0.39, 0.29) is 11.2 Å². The van der Waals surface area contributed by atoms with Crippen LogP contribution in [0.5, 0.6) is 5.75 Å². The van der Waals surface area contributed by atoms with E-state index in [9.17, 15) is 4.39 Å². The van der Waals surface area contributed by atoms with Crippen molar-refractivity contribution in [3.8, 4) is 5.75 Å². The largest absolute Gasteiger partial charge is 0.505 e. The van der Waals surface area contributed by atoms with Gasteiger partial charge in [-0.05, 0) is 36.0 Å². The molecule has 1 fully saturated rings. The lowest BCUT2D eigenvalue weighted by molar-refractivity contribution is 0.0240. The van der Waals surface area contributed by atoms with Crippen LogP contribution in [0.1, 0.15) is 25.3 Å². The van der Waals surface area contributed by atoms with Gasteiger partial charge in [0.15, 0.2) is 11.6 Å². The summed E-state index contributed by atoms with van der Waals surface area (Å²) in [7, 11) is 0. The fourth-order valence-corrected chi connectivity index (χ4v) is 2.21. The Labute approximate surface area is 107 Å². The van der Waals surface area contributed by atoms with Crippen molar-refractivity contribution >= 4 is 0 Å². The zero-order chi connectivity index (χ0) is 13.0. The lowest BCUT2D eigenvalue weighted by atomic mass is 9.82. The Kier molecular flexibility index (Phi) is 4.19. The molecule has 0 spiro atoms. The third kappa shape index (κ3) is 3.43. The number of hydrogen-bond acceptors (Lipinski definition) is 3. The Hall–Kier alpha value is -1.13. The van der Waals surface area contributed by atoms with Crippen LogP contribution in [0.3, 0.4) is 0 Å². The average molecular weight is 253 g/mol. The predicted octanol–water partition coefficient (Wildman–Crippen LogP) is 2.44. The summed E-state index contributed by atoms with van der Waals surface area (Å²) in [6.07, 6.45) is 2.12. The molecule has 0 aliphatic carbocycles. The first-order valence-electron chi connectivity index (χ1n) is 6.35. The molecule has 100 valence electrons. The highest BCUT2D eigenvalue weighted by atomic mass is 19.1. The van der Waals surface area contributed by atoms with E-state index in [0.717, 1.165) is 38.2 Å². The van der Waals surface area contributed by atoms with Gasteiger partial charge in [-0.1, -0.05) is 13.0 Å². The Bertz CT molecular complexity index is 403. The van der Waals surface area contributed by atoms with Gasteiger partial charge in [0, 0.05) is 26.3 Å². The van der Waals surface area contributed by atoms with Crippen LogP contribution < -0.4 is 5.32 Å². The predicted molar refractivity (Wildman–Crippen MR) is 67.9 cm³/mol. The Morgan fingerprint density at radius 3 is 2.78 bits per heavy atom. The van der Waals surface area contributed by atoms with Gasteiger partial charge in [-0.15, -0.1) is 0 Å². The van der Waals surface area contributed by atoms with Gasteiger partial charge in [-0.2, -0.15) is 0 Å². The van der Waals surface area contributed by atoms with Crippen LogP contribution in [0.2, 0.25) is 0 Å². The molecule has 0 saturated carbocycles. The van der Waals surface area contributed by atoms with Gasteiger partial charge in [0.2, 0.25) is 0 Å². The third-order valence-corrected chi connectivity index (χ3v) is 3.59. The summed E-state index contributed by atoms with van der Waals surface area (Å²) in [5.41, 5.74) is 1.12. The molecule has 0 unspecified atom stereocenters. The number of nitrogens with one attached hydrogen (secondary N) is 1. The number of phenolic OH excluding ortho intramolecular Hbond substituents is 1. The summed E-state index contributed by atoms with van der Waals surface area (Å²) >= 11 is 0. The van der Waals surface area contributed by atoms with E-state index in [4.69, 9.17) is 9.84 Å². The van der Waals surface area contributed by atoms with E-state index < -0.39 is 5.82 Å². The number of phenols is 1. The van der Waals surface area contributed by atoms with Gasteiger partial charge in [0.05, 0.1) is 0 Å². The lowest BCUT2D eigenvalue weighted by Gasteiger charge is -2.33. The van der Waals surface area contributed by atoms with Crippen molar-refractivity contribution in [3.63, 3.8) is 0 Å². The molecule has 1 aliphatic rings. The van der Waals surface area contributed by atoms with Crippen molar-refractivity contribution in [3.05, 3.63) is 29.6 Å². The molecule has 0 radical (unpaired) electrons. The van der Waals surface area contributed by atoms with E-state index in [1.165, 1.54) is 12.1 Å². The molecule has 2 N–H and O–H groups in total. The van der Waals surface area contributed by atoms with Gasteiger partial charge in [0.1, 0.15) is 0 Å². The van der Waals surface area contributed by atoms with Crippen molar-refractivity contribution in [2.75, 3.05) is 19.8 Å². The summed E-state index contributed by atoms with van der Waals surface area (Å²) in [6.45, 7) is 5.42. The molecule has 4 heteroatoms. The van der Waals surface area contributed by atoms with E-state index in [2.05, 4.69) is 12.2 Å². The molecule has 0 bridgehead atoms. The second kappa shape index (κ2) is 5.67. The van der Waals surface area contributed by atoms with Gasteiger partial charge >= 0.3 is 0 Å². The normalized spacial score (nSPS) is 18.8. The summed E-state index contributed by atoms with van der Waals surface area (Å²) in [5.74, 6) is -0.860. The molecule has 3 nitrogen and oxygen atoms in total. The maximum Gasteiger partial charge on any atom is 0.165 e. The van der Waals surface area contributed by atoms with Crippen LogP contribution in [-0.4, -0.2) is 24.9 Å². The summed E-state index contributed by atoms with van der Waals surface area (Å²) in [4.78, 5) is 0. The number of halogens is 1. The van der Waals surface area contributed by atoms with Crippen molar-refractivity contribution in [2.45, 2.75) is 26.3 Å². The first kappa shape index (κ1) is 13.3. The van der Waals surface area contributed by atoms with Crippen LogP contribution in [0.15, 0.2) is 18.2 Å². The number of hydrogen-bond donors (Lipinski definition) is 2. The standard InChI is InChI=1S/C14H20FNO2/c1-14(4-6-18-7-5-14)10-16-9-11-2-3-13(17)12(15)8-11/h2-3,8,16-17H,4-7,9-10H2,1H3. The Balaban J connectivity index is 1.82. The molecule has 2 rings (SSSR count). The minimum absolute atomic E-state index is 0.272. The summed E-state index contributed by atoms with van der Waals surface area (Å²) in [6, 6.07) is 4.49. The summed E-state index contributed by atoms with van der Waals surface area (Å²) in [5, 5.41) is 12.5. The van der Waals surface area contributed by atoms with Crippen LogP contribution in [0, 0.1) is 11.2 Å². The van der Waals surface area contributed by atoms with Gasteiger partial charge in [-0.3, -0.25) is 0 Å². The SMILES string of the molecule is CC1(CNCc2ccc(O)c(F)c2)CCOCC1. The molecule has 1 aromatic carbocycles. The van der Waals surface area contributed by atoms with E-state index >= 15 is 0 Å². The summed E-state index contributed by atoms with van der Waals surface area (Å²) < 4.78 is 18.5. The quantitative estimate of drug-likeness (QED) is 0.866. The fourth-order valence-electron chi connectivity index (χ4n) is 2.21. The zero-order valence-electron chi connectivity index (χ0n) is 10.7. The number of ether oxygens (including phenoxy) is 1. The van der Waals surface area contributed by atoms with Crippen molar-refractivity contribution in [1.82, 2.24) is 5.32 Å². The third-order valence-electron chi connectivity index (χ3n) is 3.59. The monoisotopic (exact) mass is 253 g/mol. The van der Waals surface area contributed by atoms with Gasteiger partial charge in [0.25, 0.3) is 0 Å². The van der Waals surface area contributed by atoms with E-state index in [1.54, 1.807) is 6.07 Å². The molecule has 1 aromatic rings. The van der Waals surface area contributed by atoms with Gasteiger partial charge in [-0.25, -0.2) is 4.39 Å². The van der Waals surface area contributed by atoms with E-state index in [1.807, 2.05) is 0 Å². The molecular weight excluding hydrogens is 233 g/mol. The van der Waals surface area contributed by atoms with Crippen molar-refractivity contribution in [2.24, 2.45) is 5.41 Å². The fraction of sp³-hybridized carbons (Fsp3) is 0.571. The molecular formula is C14H20FNO2. The second-order valence-corrected chi connectivity index (χ2v) is 5.31. The maximum absolute atomic E-state index is 13.1. The molecule has 0 aromatic heterocycles.